The lowest BCUT2D eigenvalue weighted by Crippen LogP contribution is -2.20. The second-order valence-corrected chi connectivity index (χ2v) is 7.39. The molecule has 2 N–H and O–H groups in total. The maximum atomic E-state index is 12.6. The van der Waals surface area contributed by atoms with Crippen molar-refractivity contribution in [3.63, 3.8) is 0 Å². The SMILES string of the molecule is O=S(=O)(Nc1nccc2cc[nH]c12)c1cnn(C2CCOCC2)c1. The van der Waals surface area contributed by atoms with E-state index in [1.807, 2.05) is 12.1 Å². The quantitative estimate of drug-likeness (QED) is 0.750. The minimum Gasteiger partial charge on any atom is -0.381 e. The van der Waals surface area contributed by atoms with Crippen molar-refractivity contribution in [2.45, 2.75) is 23.8 Å². The Kier molecular flexibility index (Phi) is 3.73. The normalized spacial score (nSPS) is 16.5. The predicted molar refractivity (Wildman–Crippen MR) is 88.2 cm³/mol. The first kappa shape index (κ1) is 15.2. The van der Waals surface area contributed by atoms with Crippen LogP contribution in [0.2, 0.25) is 0 Å². The van der Waals surface area contributed by atoms with Crippen molar-refractivity contribution in [1.82, 2.24) is 19.7 Å². The smallest absolute Gasteiger partial charge is 0.266 e. The van der Waals surface area contributed by atoms with Crippen LogP contribution in [0.15, 0.2) is 41.8 Å². The molecule has 24 heavy (non-hydrogen) atoms. The van der Waals surface area contributed by atoms with Gasteiger partial charge in [-0.15, -0.1) is 0 Å². The van der Waals surface area contributed by atoms with Crippen molar-refractivity contribution in [3.05, 3.63) is 36.9 Å². The summed E-state index contributed by atoms with van der Waals surface area (Å²) in [5.41, 5.74) is 0.651. The summed E-state index contributed by atoms with van der Waals surface area (Å²) >= 11 is 0. The Hall–Kier alpha value is -2.39. The van der Waals surface area contributed by atoms with Gasteiger partial charge < -0.3 is 9.72 Å². The second kappa shape index (κ2) is 5.91. The summed E-state index contributed by atoms with van der Waals surface area (Å²) < 4.78 is 34.8. The van der Waals surface area contributed by atoms with Gasteiger partial charge in [-0.05, 0) is 25.0 Å². The second-order valence-electron chi connectivity index (χ2n) is 5.71. The highest BCUT2D eigenvalue weighted by molar-refractivity contribution is 7.92. The van der Waals surface area contributed by atoms with E-state index in [0.29, 0.717) is 18.7 Å². The molecule has 1 saturated heterocycles. The number of hydrogen-bond donors (Lipinski definition) is 2. The molecule has 1 aliphatic heterocycles. The van der Waals surface area contributed by atoms with E-state index in [1.54, 1.807) is 23.3 Å². The van der Waals surface area contributed by atoms with Crippen LogP contribution in [0.4, 0.5) is 5.82 Å². The highest BCUT2D eigenvalue weighted by Crippen LogP contribution is 2.24. The predicted octanol–water partition coefficient (Wildman–Crippen LogP) is 1.91. The fourth-order valence-corrected chi connectivity index (χ4v) is 3.81. The van der Waals surface area contributed by atoms with E-state index >= 15 is 0 Å². The molecule has 126 valence electrons. The highest BCUT2D eigenvalue weighted by atomic mass is 32.2. The maximum absolute atomic E-state index is 12.6. The molecule has 0 spiro atoms. The molecule has 0 amide bonds. The third-order valence-electron chi connectivity index (χ3n) is 4.16. The largest absolute Gasteiger partial charge is 0.381 e. The molecule has 1 aliphatic rings. The maximum Gasteiger partial charge on any atom is 0.266 e. The fraction of sp³-hybridized carbons (Fsp3) is 0.333. The number of pyridine rings is 1. The topological polar surface area (TPSA) is 102 Å². The molecule has 0 bridgehead atoms. The number of ether oxygens (including phenoxy) is 1. The zero-order valence-corrected chi connectivity index (χ0v) is 13.7. The molecular weight excluding hydrogens is 330 g/mol. The summed E-state index contributed by atoms with van der Waals surface area (Å²) in [5, 5.41) is 5.10. The molecule has 1 fully saturated rings. The summed E-state index contributed by atoms with van der Waals surface area (Å²) in [6.45, 7) is 1.34. The lowest BCUT2D eigenvalue weighted by molar-refractivity contribution is 0.0662. The lowest BCUT2D eigenvalue weighted by Gasteiger charge is -2.22. The molecule has 0 aromatic carbocycles. The van der Waals surface area contributed by atoms with Gasteiger partial charge in [0.05, 0.1) is 17.8 Å². The summed E-state index contributed by atoms with van der Waals surface area (Å²) in [7, 11) is -3.75. The molecule has 0 radical (unpaired) electrons. The minimum atomic E-state index is -3.75. The van der Waals surface area contributed by atoms with Crippen molar-refractivity contribution in [2.75, 3.05) is 17.9 Å². The Labute approximate surface area is 138 Å². The Balaban J connectivity index is 1.61. The van der Waals surface area contributed by atoms with Crippen LogP contribution >= 0.6 is 0 Å². The van der Waals surface area contributed by atoms with Crippen LogP contribution in [0, 0.1) is 0 Å². The van der Waals surface area contributed by atoms with E-state index in [9.17, 15) is 8.42 Å². The number of rotatable bonds is 4. The number of hydrogen-bond acceptors (Lipinski definition) is 5. The average Bonchev–Trinajstić information content (AvgIpc) is 3.26. The van der Waals surface area contributed by atoms with E-state index < -0.39 is 10.0 Å². The van der Waals surface area contributed by atoms with E-state index in [0.717, 1.165) is 18.2 Å². The fourth-order valence-electron chi connectivity index (χ4n) is 2.85. The van der Waals surface area contributed by atoms with Crippen molar-refractivity contribution in [2.24, 2.45) is 0 Å². The van der Waals surface area contributed by atoms with Crippen LogP contribution < -0.4 is 4.72 Å². The zero-order valence-electron chi connectivity index (χ0n) is 12.8. The summed E-state index contributed by atoms with van der Waals surface area (Å²) in [6, 6.07) is 3.85. The summed E-state index contributed by atoms with van der Waals surface area (Å²) in [5.74, 6) is 0.274. The third kappa shape index (κ3) is 2.76. The number of fused-ring (bicyclic) bond motifs is 1. The summed E-state index contributed by atoms with van der Waals surface area (Å²) in [6.07, 6.45) is 7.91. The molecule has 4 heterocycles. The number of nitrogens with zero attached hydrogens (tertiary/aromatic N) is 3. The molecule has 0 aliphatic carbocycles. The number of aromatic amines is 1. The molecule has 9 heteroatoms. The van der Waals surface area contributed by atoms with Crippen LogP contribution in [0.1, 0.15) is 18.9 Å². The van der Waals surface area contributed by atoms with Gasteiger partial charge in [0.2, 0.25) is 0 Å². The van der Waals surface area contributed by atoms with Crippen molar-refractivity contribution in [3.8, 4) is 0 Å². The van der Waals surface area contributed by atoms with Gasteiger partial charge in [0.15, 0.2) is 5.82 Å². The van der Waals surface area contributed by atoms with Crippen LogP contribution in [0.3, 0.4) is 0 Å². The Morgan fingerprint density at radius 2 is 2.12 bits per heavy atom. The monoisotopic (exact) mass is 347 g/mol. The molecule has 8 nitrogen and oxygen atoms in total. The minimum absolute atomic E-state index is 0.124. The van der Waals surface area contributed by atoms with E-state index in [4.69, 9.17) is 4.74 Å². The number of anilines is 1. The number of sulfonamides is 1. The number of nitrogens with one attached hydrogen (secondary N) is 2. The molecule has 0 saturated carbocycles. The first-order valence-electron chi connectivity index (χ1n) is 7.70. The summed E-state index contributed by atoms with van der Waals surface area (Å²) in [4.78, 5) is 7.24. The third-order valence-corrected chi connectivity index (χ3v) is 5.45. The zero-order chi connectivity index (χ0) is 16.6. The first-order valence-corrected chi connectivity index (χ1v) is 9.19. The van der Waals surface area contributed by atoms with Crippen LogP contribution in [-0.2, 0) is 14.8 Å². The van der Waals surface area contributed by atoms with Crippen molar-refractivity contribution < 1.29 is 13.2 Å². The standard InChI is InChI=1S/C15H17N5O3S/c21-24(22,19-15-14-11(1-5-16-14)2-6-17-15)13-9-18-20(10-13)12-3-7-23-8-4-12/h1-2,5-6,9-10,12,16H,3-4,7-8H2,(H,17,19). The molecule has 4 rings (SSSR count). The highest BCUT2D eigenvalue weighted by Gasteiger charge is 2.22. The van der Waals surface area contributed by atoms with Crippen LogP contribution in [0.25, 0.3) is 10.9 Å². The van der Waals surface area contributed by atoms with Gasteiger partial charge in [-0.25, -0.2) is 13.4 Å². The average molecular weight is 347 g/mol. The lowest BCUT2D eigenvalue weighted by atomic mass is 10.1. The molecule has 0 atom stereocenters. The first-order chi connectivity index (χ1) is 11.6. The molecular formula is C15H17N5O3S. The van der Waals surface area contributed by atoms with Gasteiger partial charge in [0.1, 0.15) is 4.90 Å². The van der Waals surface area contributed by atoms with Gasteiger partial charge in [-0.1, -0.05) is 0 Å². The molecule has 0 unspecified atom stereocenters. The van der Waals surface area contributed by atoms with Crippen LogP contribution in [0.5, 0.6) is 0 Å². The van der Waals surface area contributed by atoms with Gasteiger partial charge in [0, 0.05) is 37.2 Å². The van der Waals surface area contributed by atoms with Gasteiger partial charge in [-0.2, -0.15) is 5.10 Å². The van der Waals surface area contributed by atoms with E-state index in [-0.39, 0.29) is 16.8 Å². The Bertz CT molecular complexity index is 956. The van der Waals surface area contributed by atoms with Gasteiger partial charge in [-0.3, -0.25) is 9.40 Å². The van der Waals surface area contributed by atoms with Crippen molar-refractivity contribution >= 4 is 26.7 Å². The number of aromatic nitrogens is 4. The van der Waals surface area contributed by atoms with Gasteiger partial charge in [0.25, 0.3) is 10.0 Å². The number of H-pyrrole nitrogens is 1. The Morgan fingerprint density at radius 3 is 2.96 bits per heavy atom. The van der Waals surface area contributed by atoms with Gasteiger partial charge >= 0.3 is 0 Å². The molecule has 3 aromatic rings. The van der Waals surface area contributed by atoms with Crippen LogP contribution in [-0.4, -0.2) is 41.4 Å². The molecule has 3 aromatic heterocycles. The van der Waals surface area contributed by atoms with E-state index in [2.05, 4.69) is 19.8 Å². The Morgan fingerprint density at radius 1 is 1.29 bits per heavy atom. The van der Waals surface area contributed by atoms with E-state index in [1.165, 1.54) is 6.20 Å². The van der Waals surface area contributed by atoms with Crippen molar-refractivity contribution in [1.29, 1.82) is 0 Å².